The van der Waals surface area contributed by atoms with Crippen LogP contribution in [0.4, 0.5) is 0 Å². The van der Waals surface area contributed by atoms with E-state index in [2.05, 4.69) is 18.2 Å². The molecule has 6 rings (SSSR count). The highest BCUT2D eigenvalue weighted by Crippen LogP contribution is 2.43. The minimum Gasteiger partial charge on any atom is -0.422 e. The van der Waals surface area contributed by atoms with Crippen molar-refractivity contribution >= 4 is 17.9 Å². The fourth-order valence-electron chi connectivity index (χ4n) is 5.07. The van der Waals surface area contributed by atoms with Crippen LogP contribution >= 0.6 is 0 Å². The van der Waals surface area contributed by atoms with E-state index in [0.29, 0.717) is 18.6 Å². The third kappa shape index (κ3) is 4.93. The van der Waals surface area contributed by atoms with Crippen LogP contribution in [0.5, 0.6) is 5.75 Å². The van der Waals surface area contributed by atoms with E-state index in [1.807, 2.05) is 48.5 Å². The maximum atomic E-state index is 13.7. The number of ether oxygens (including phenoxy) is 2. The predicted molar refractivity (Wildman–Crippen MR) is 152 cm³/mol. The Labute approximate surface area is 231 Å². The first-order valence-corrected chi connectivity index (χ1v) is 13.0. The number of carbonyl (C=O) groups excluding carboxylic acids is 3. The summed E-state index contributed by atoms with van der Waals surface area (Å²) in [5.74, 6) is -1.92. The Morgan fingerprint density at radius 3 is 1.95 bits per heavy atom. The van der Waals surface area contributed by atoms with Crippen LogP contribution < -0.4 is 4.74 Å². The van der Waals surface area contributed by atoms with E-state index in [4.69, 9.17) is 9.47 Å². The molecule has 0 spiro atoms. The van der Waals surface area contributed by atoms with Crippen LogP contribution in [0, 0.1) is 0 Å². The van der Waals surface area contributed by atoms with E-state index in [1.54, 1.807) is 42.5 Å². The number of hydrogen-bond donors (Lipinski definition) is 0. The highest BCUT2D eigenvalue weighted by atomic mass is 16.6. The number of rotatable bonds is 6. The summed E-state index contributed by atoms with van der Waals surface area (Å²) < 4.78 is 11.2. The minimum atomic E-state index is -0.920. The third-order valence-corrected chi connectivity index (χ3v) is 7.01. The van der Waals surface area contributed by atoms with Crippen LogP contribution in [0.2, 0.25) is 0 Å². The Balaban J connectivity index is 1.34. The predicted octanol–water partition coefficient (Wildman–Crippen LogP) is 7.07. The Hall–Kier alpha value is -5.29. The molecule has 194 valence electrons. The van der Waals surface area contributed by atoms with Crippen molar-refractivity contribution in [2.24, 2.45) is 0 Å². The lowest BCUT2D eigenvalue weighted by atomic mass is 9.97. The molecule has 1 aliphatic carbocycles. The summed E-state index contributed by atoms with van der Waals surface area (Å²) in [4.78, 5) is 39.2. The van der Waals surface area contributed by atoms with Crippen LogP contribution in [0.25, 0.3) is 11.1 Å². The summed E-state index contributed by atoms with van der Waals surface area (Å²) in [5, 5.41) is 0. The fraction of sp³-hybridized carbons (Fsp3) is 0.0571. The van der Waals surface area contributed by atoms with Gasteiger partial charge in [0, 0.05) is 18.4 Å². The molecular formula is C35H24O5. The monoisotopic (exact) mass is 524 g/mol. The molecule has 5 heteroatoms. The molecule has 40 heavy (non-hydrogen) atoms. The molecule has 0 radical (unpaired) electrons. The zero-order chi connectivity index (χ0) is 27.5. The van der Waals surface area contributed by atoms with Gasteiger partial charge in [-0.3, -0.25) is 0 Å². The second kappa shape index (κ2) is 10.8. The summed E-state index contributed by atoms with van der Waals surface area (Å²) in [6.07, 6.45) is 1.20. The number of esters is 3. The molecule has 0 saturated heterocycles. The van der Waals surface area contributed by atoms with Crippen LogP contribution in [-0.2, 0) is 17.6 Å². The van der Waals surface area contributed by atoms with Crippen molar-refractivity contribution in [1.29, 1.82) is 0 Å². The Bertz CT molecular complexity index is 1740. The largest absolute Gasteiger partial charge is 0.422 e. The van der Waals surface area contributed by atoms with Gasteiger partial charge in [0.1, 0.15) is 5.75 Å². The van der Waals surface area contributed by atoms with Gasteiger partial charge in [-0.1, -0.05) is 97.1 Å². The van der Waals surface area contributed by atoms with Crippen molar-refractivity contribution in [3.8, 4) is 16.9 Å². The van der Waals surface area contributed by atoms with Gasteiger partial charge in [-0.05, 0) is 52.1 Å². The molecule has 0 bridgehead atoms. The van der Waals surface area contributed by atoms with Crippen molar-refractivity contribution in [1.82, 2.24) is 0 Å². The summed E-state index contributed by atoms with van der Waals surface area (Å²) in [6.45, 7) is 0. The first-order valence-electron chi connectivity index (χ1n) is 13.0. The molecule has 0 atom stereocenters. The standard InChI is InChI=1S/C35H24O5/c36-33(24-13-5-2-6-14-24)40-35(38)30-18-10-9-17-29(30)34(37)39-32-26(21-23-11-3-1-4-12-23)19-20-28-27-16-8-7-15-25(27)22-31(28)32/h1-20H,21-22H2. The zero-order valence-corrected chi connectivity index (χ0v) is 21.5. The second-order valence-electron chi connectivity index (χ2n) is 9.55. The third-order valence-electron chi connectivity index (χ3n) is 7.01. The number of fused-ring (bicyclic) bond motifs is 3. The second-order valence-corrected chi connectivity index (χ2v) is 9.55. The van der Waals surface area contributed by atoms with Gasteiger partial charge in [0.05, 0.1) is 16.7 Å². The van der Waals surface area contributed by atoms with Gasteiger partial charge in [0.25, 0.3) is 0 Å². The van der Waals surface area contributed by atoms with E-state index in [0.717, 1.165) is 33.4 Å². The molecule has 0 aromatic heterocycles. The van der Waals surface area contributed by atoms with Crippen molar-refractivity contribution in [2.75, 3.05) is 0 Å². The van der Waals surface area contributed by atoms with Crippen molar-refractivity contribution < 1.29 is 23.9 Å². The van der Waals surface area contributed by atoms with Crippen molar-refractivity contribution in [2.45, 2.75) is 12.8 Å². The maximum absolute atomic E-state index is 13.7. The molecule has 0 fully saturated rings. The van der Waals surface area contributed by atoms with E-state index in [9.17, 15) is 14.4 Å². The van der Waals surface area contributed by atoms with Crippen LogP contribution in [-0.4, -0.2) is 17.9 Å². The van der Waals surface area contributed by atoms with Gasteiger partial charge in [-0.15, -0.1) is 0 Å². The number of carbonyl (C=O) groups is 3. The lowest BCUT2D eigenvalue weighted by molar-refractivity contribution is 0.0393. The molecule has 0 N–H and O–H groups in total. The molecule has 0 aliphatic heterocycles. The lowest BCUT2D eigenvalue weighted by Gasteiger charge is -2.16. The molecule has 0 heterocycles. The van der Waals surface area contributed by atoms with E-state index >= 15 is 0 Å². The molecule has 1 aliphatic rings. The highest BCUT2D eigenvalue weighted by Gasteiger charge is 2.28. The quantitative estimate of drug-likeness (QED) is 0.132. The topological polar surface area (TPSA) is 69.7 Å². The zero-order valence-electron chi connectivity index (χ0n) is 21.5. The van der Waals surface area contributed by atoms with E-state index in [1.165, 1.54) is 12.1 Å². The average Bonchev–Trinajstić information content (AvgIpc) is 3.38. The van der Waals surface area contributed by atoms with Crippen LogP contribution in [0.3, 0.4) is 0 Å². The minimum absolute atomic E-state index is 0.0205. The first-order chi connectivity index (χ1) is 19.6. The van der Waals surface area contributed by atoms with E-state index < -0.39 is 17.9 Å². The van der Waals surface area contributed by atoms with Crippen molar-refractivity contribution in [3.05, 3.63) is 160 Å². The summed E-state index contributed by atoms with van der Waals surface area (Å²) in [6, 6.07) is 36.6. The molecule has 5 aromatic rings. The van der Waals surface area contributed by atoms with Gasteiger partial charge < -0.3 is 9.47 Å². The maximum Gasteiger partial charge on any atom is 0.346 e. The van der Waals surface area contributed by atoms with E-state index in [-0.39, 0.29) is 16.7 Å². The molecule has 5 nitrogen and oxygen atoms in total. The molecular weight excluding hydrogens is 500 g/mol. The smallest absolute Gasteiger partial charge is 0.346 e. The molecule has 0 saturated carbocycles. The molecule has 0 unspecified atom stereocenters. The Morgan fingerprint density at radius 2 is 1.20 bits per heavy atom. The van der Waals surface area contributed by atoms with Gasteiger partial charge in [0.2, 0.25) is 0 Å². The highest BCUT2D eigenvalue weighted by molar-refractivity contribution is 6.08. The van der Waals surface area contributed by atoms with Crippen molar-refractivity contribution in [3.63, 3.8) is 0 Å². The lowest BCUT2D eigenvalue weighted by Crippen LogP contribution is -2.19. The Morgan fingerprint density at radius 1 is 0.575 bits per heavy atom. The van der Waals surface area contributed by atoms with Gasteiger partial charge in [0.15, 0.2) is 0 Å². The summed E-state index contributed by atoms with van der Waals surface area (Å²) in [5.41, 5.74) is 6.40. The normalized spacial score (nSPS) is 11.3. The van der Waals surface area contributed by atoms with Gasteiger partial charge in [-0.25, -0.2) is 14.4 Å². The van der Waals surface area contributed by atoms with Gasteiger partial charge in [-0.2, -0.15) is 0 Å². The average molecular weight is 525 g/mol. The summed E-state index contributed by atoms with van der Waals surface area (Å²) in [7, 11) is 0. The Kier molecular flexibility index (Phi) is 6.77. The SMILES string of the molecule is O=C(OC(=O)c1ccccc1C(=O)Oc1c(Cc2ccccc2)ccc2c1Cc1ccccc1-2)c1ccccc1. The number of benzene rings is 5. The van der Waals surface area contributed by atoms with Gasteiger partial charge >= 0.3 is 17.9 Å². The number of hydrogen-bond acceptors (Lipinski definition) is 5. The summed E-state index contributed by atoms with van der Waals surface area (Å²) >= 11 is 0. The fourth-order valence-corrected chi connectivity index (χ4v) is 5.07. The molecule has 0 amide bonds. The van der Waals surface area contributed by atoms with Crippen LogP contribution in [0.15, 0.2) is 121 Å². The first kappa shape index (κ1) is 25.0. The van der Waals surface area contributed by atoms with Crippen LogP contribution in [0.1, 0.15) is 53.3 Å². The molecule has 5 aromatic carbocycles.